The van der Waals surface area contributed by atoms with Gasteiger partial charge in [0.05, 0.1) is 0 Å². The first-order chi connectivity index (χ1) is 7.79. The van der Waals surface area contributed by atoms with E-state index in [1.165, 1.54) is 49.7 Å². The predicted octanol–water partition coefficient (Wildman–Crippen LogP) is 4.57. The quantitative estimate of drug-likeness (QED) is 0.517. The largest absolute Gasteiger partial charge is 0.179 e. The summed E-state index contributed by atoms with van der Waals surface area (Å²) < 4.78 is 0. The van der Waals surface area contributed by atoms with Gasteiger partial charge in [0.15, 0.2) is 0 Å². The van der Waals surface area contributed by atoms with Crippen LogP contribution in [0.4, 0.5) is 0 Å². The molecule has 0 saturated heterocycles. The van der Waals surface area contributed by atoms with Gasteiger partial charge < -0.3 is 0 Å². The minimum Gasteiger partial charge on any atom is -0.179 e. The summed E-state index contributed by atoms with van der Waals surface area (Å²) in [5, 5.41) is 0. The SMILES string of the molecule is CCCCc1c(S)cccc1CCCCS. The van der Waals surface area contributed by atoms with Gasteiger partial charge in [0.2, 0.25) is 0 Å². The monoisotopic (exact) mass is 254 g/mol. The molecule has 0 aromatic heterocycles. The van der Waals surface area contributed by atoms with Crippen LogP contribution in [0.3, 0.4) is 0 Å². The highest BCUT2D eigenvalue weighted by molar-refractivity contribution is 7.80. The average Bonchev–Trinajstić information content (AvgIpc) is 2.28. The second kappa shape index (κ2) is 8.08. The topological polar surface area (TPSA) is 0 Å². The molecule has 0 N–H and O–H groups in total. The number of thiol groups is 2. The Balaban J connectivity index is 2.68. The fourth-order valence-electron chi connectivity index (χ4n) is 1.92. The Morgan fingerprint density at radius 2 is 1.88 bits per heavy atom. The van der Waals surface area contributed by atoms with Crippen molar-refractivity contribution in [2.45, 2.75) is 50.3 Å². The lowest BCUT2D eigenvalue weighted by Gasteiger charge is -2.11. The van der Waals surface area contributed by atoms with E-state index in [4.69, 9.17) is 0 Å². The summed E-state index contributed by atoms with van der Waals surface area (Å²) in [6.07, 6.45) is 7.29. The van der Waals surface area contributed by atoms with Crippen molar-refractivity contribution in [1.29, 1.82) is 0 Å². The van der Waals surface area contributed by atoms with Crippen molar-refractivity contribution in [1.82, 2.24) is 0 Å². The van der Waals surface area contributed by atoms with Crippen LogP contribution in [0.25, 0.3) is 0 Å². The summed E-state index contributed by atoms with van der Waals surface area (Å²) >= 11 is 8.82. The van der Waals surface area contributed by atoms with Crippen LogP contribution in [0.5, 0.6) is 0 Å². The molecule has 16 heavy (non-hydrogen) atoms. The van der Waals surface area contributed by atoms with Crippen molar-refractivity contribution in [3.05, 3.63) is 29.3 Å². The van der Waals surface area contributed by atoms with Crippen LogP contribution in [-0.2, 0) is 12.8 Å². The molecular formula is C14H22S2. The summed E-state index contributed by atoms with van der Waals surface area (Å²) in [6.45, 7) is 2.24. The molecule has 0 aliphatic rings. The van der Waals surface area contributed by atoms with Crippen LogP contribution in [0.2, 0.25) is 0 Å². The molecule has 0 fully saturated rings. The highest BCUT2D eigenvalue weighted by Crippen LogP contribution is 2.22. The van der Waals surface area contributed by atoms with Gasteiger partial charge in [0.1, 0.15) is 0 Å². The second-order valence-electron chi connectivity index (χ2n) is 4.20. The zero-order valence-corrected chi connectivity index (χ0v) is 11.9. The van der Waals surface area contributed by atoms with Gasteiger partial charge in [0.25, 0.3) is 0 Å². The van der Waals surface area contributed by atoms with Crippen molar-refractivity contribution in [2.75, 3.05) is 5.75 Å². The van der Waals surface area contributed by atoms with E-state index in [0.717, 1.165) is 10.6 Å². The standard InChI is InChI=1S/C14H22S2/c1-2-3-9-13-12(7-4-5-11-15)8-6-10-14(13)16/h6,8,10,15-16H,2-5,7,9,11H2,1H3. The average molecular weight is 254 g/mol. The van der Waals surface area contributed by atoms with E-state index in [1.807, 2.05) is 0 Å². The third-order valence-corrected chi connectivity index (χ3v) is 3.62. The van der Waals surface area contributed by atoms with Crippen LogP contribution in [0.1, 0.15) is 43.7 Å². The van der Waals surface area contributed by atoms with E-state index in [2.05, 4.69) is 50.4 Å². The van der Waals surface area contributed by atoms with Gasteiger partial charge in [-0.05, 0) is 55.1 Å². The van der Waals surface area contributed by atoms with E-state index >= 15 is 0 Å². The summed E-state index contributed by atoms with van der Waals surface area (Å²) in [4.78, 5) is 1.16. The Hall–Kier alpha value is -0.0800. The molecule has 0 atom stereocenters. The Labute approximate surface area is 111 Å². The van der Waals surface area contributed by atoms with Crippen LogP contribution < -0.4 is 0 Å². The summed E-state index contributed by atoms with van der Waals surface area (Å²) in [5.74, 6) is 0.991. The van der Waals surface area contributed by atoms with E-state index in [-0.39, 0.29) is 0 Å². The van der Waals surface area contributed by atoms with Crippen LogP contribution in [-0.4, -0.2) is 5.75 Å². The molecule has 1 aromatic rings. The molecular weight excluding hydrogens is 232 g/mol. The van der Waals surface area contributed by atoms with Crippen LogP contribution in [0, 0.1) is 0 Å². The van der Waals surface area contributed by atoms with E-state index in [0.29, 0.717) is 0 Å². The summed E-state index contributed by atoms with van der Waals surface area (Å²) in [7, 11) is 0. The molecule has 0 aliphatic carbocycles. The van der Waals surface area contributed by atoms with Gasteiger partial charge in [-0.25, -0.2) is 0 Å². The van der Waals surface area contributed by atoms with Gasteiger partial charge in [0, 0.05) is 4.90 Å². The lowest BCUT2D eigenvalue weighted by Crippen LogP contribution is -1.97. The van der Waals surface area contributed by atoms with E-state index in [9.17, 15) is 0 Å². The molecule has 0 heterocycles. The van der Waals surface area contributed by atoms with Gasteiger partial charge >= 0.3 is 0 Å². The number of unbranched alkanes of at least 4 members (excludes halogenated alkanes) is 2. The molecule has 1 rings (SSSR count). The smallest absolute Gasteiger partial charge is 0.00747 e. The molecule has 0 aliphatic heterocycles. The van der Waals surface area contributed by atoms with Crippen molar-refractivity contribution >= 4 is 25.3 Å². The Bertz CT molecular complexity index is 308. The molecule has 0 saturated carbocycles. The summed E-state index contributed by atoms with van der Waals surface area (Å²) in [6, 6.07) is 6.48. The molecule has 0 radical (unpaired) electrons. The normalized spacial score (nSPS) is 10.7. The zero-order chi connectivity index (χ0) is 11.8. The van der Waals surface area contributed by atoms with E-state index in [1.54, 1.807) is 0 Å². The molecule has 0 amide bonds. The number of benzene rings is 1. The number of rotatable bonds is 7. The molecule has 90 valence electrons. The molecule has 0 spiro atoms. The Kier molecular flexibility index (Phi) is 7.06. The lowest BCUT2D eigenvalue weighted by atomic mass is 9.98. The Morgan fingerprint density at radius 3 is 2.56 bits per heavy atom. The fraction of sp³-hybridized carbons (Fsp3) is 0.571. The van der Waals surface area contributed by atoms with Crippen molar-refractivity contribution in [3.8, 4) is 0 Å². The third-order valence-electron chi connectivity index (χ3n) is 2.88. The van der Waals surface area contributed by atoms with Gasteiger partial charge in [-0.3, -0.25) is 0 Å². The maximum atomic E-state index is 4.57. The Morgan fingerprint density at radius 1 is 1.06 bits per heavy atom. The molecule has 0 bridgehead atoms. The van der Waals surface area contributed by atoms with Crippen molar-refractivity contribution in [3.63, 3.8) is 0 Å². The summed E-state index contributed by atoms with van der Waals surface area (Å²) in [5.41, 5.74) is 2.95. The first-order valence-corrected chi connectivity index (χ1v) is 7.28. The maximum absolute atomic E-state index is 4.57. The lowest BCUT2D eigenvalue weighted by molar-refractivity contribution is 0.752. The zero-order valence-electron chi connectivity index (χ0n) is 10.1. The third kappa shape index (κ3) is 4.42. The molecule has 2 heteroatoms. The second-order valence-corrected chi connectivity index (χ2v) is 5.13. The van der Waals surface area contributed by atoms with Crippen LogP contribution in [0.15, 0.2) is 23.1 Å². The molecule has 0 unspecified atom stereocenters. The van der Waals surface area contributed by atoms with Crippen molar-refractivity contribution < 1.29 is 0 Å². The van der Waals surface area contributed by atoms with E-state index < -0.39 is 0 Å². The van der Waals surface area contributed by atoms with Crippen molar-refractivity contribution in [2.24, 2.45) is 0 Å². The van der Waals surface area contributed by atoms with Crippen LogP contribution >= 0.6 is 25.3 Å². The molecule has 0 nitrogen and oxygen atoms in total. The highest BCUT2D eigenvalue weighted by Gasteiger charge is 2.05. The number of aryl methyl sites for hydroxylation is 1. The predicted molar refractivity (Wildman–Crippen MR) is 79.1 cm³/mol. The minimum absolute atomic E-state index is 0.991. The first-order valence-electron chi connectivity index (χ1n) is 6.20. The van der Waals surface area contributed by atoms with Gasteiger partial charge in [-0.1, -0.05) is 25.5 Å². The van der Waals surface area contributed by atoms with Gasteiger partial charge in [-0.2, -0.15) is 12.6 Å². The highest BCUT2D eigenvalue weighted by atomic mass is 32.1. The number of hydrogen-bond acceptors (Lipinski definition) is 2. The minimum atomic E-state index is 0.991. The first kappa shape index (κ1) is 14.0. The van der Waals surface area contributed by atoms with Gasteiger partial charge in [-0.15, -0.1) is 12.6 Å². The number of hydrogen-bond donors (Lipinski definition) is 2. The fourth-order valence-corrected chi connectivity index (χ4v) is 2.49. The maximum Gasteiger partial charge on any atom is 0.00747 e. The molecule has 1 aromatic carbocycles.